The summed E-state index contributed by atoms with van der Waals surface area (Å²) in [6.07, 6.45) is 21.4. The fourth-order valence-corrected chi connectivity index (χ4v) is 3.94. The molecule has 1 heterocycles. The van der Waals surface area contributed by atoms with Crippen LogP contribution in [0.3, 0.4) is 0 Å². The average molecular weight is 370 g/mol. The molecule has 0 amide bonds. The molecule has 27 heavy (non-hydrogen) atoms. The Hall–Kier alpha value is -1.57. The van der Waals surface area contributed by atoms with E-state index >= 15 is 0 Å². The van der Waals surface area contributed by atoms with Gasteiger partial charge in [0.1, 0.15) is 12.4 Å². The van der Waals surface area contributed by atoms with Crippen LogP contribution in [-0.2, 0) is 13.1 Å². The molecule has 0 unspecified atom stereocenters. The molecule has 0 aliphatic carbocycles. The molecule has 0 spiro atoms. The van der Waals surface area contributed by atoms with Gasteiger partial charge >= 0.3 is 0 Å². The van der Waals surface area contributed by atoms with Crippen molar-refractivity contribution in [2.24, 2.45) is 0 Å². The second-order valence-corrected chi connectivity index (χ2v) is 7.86. The molecule has 0 N–H and O–H groups in total. The van der Waals surface area contributed by atoms with E-state index in [-0.39, 0.29) is 0 Å². The molecule has 150 valence electrons. The lowest BCUT2D eigenvalue weighted by molar-refractivity contribution is -0.682. The van der Waals surface area contributed by atoms with Gasteiger partial charge in [0.05, 0.1) is 18.7 Å². The van der Waals surface area contributed by atoms with Crippen LogP contribution in [0.4, 0.5) is 0 Å². The van der Waals surface area contributed by atoms with Crippen molar-refractivity contribution in [3.05, 3.63) is 42.7 Å². The van der Waals surface area contributed by atoms with E-state index in [1.165, 1.54) is 88.4 Å². The Labute approximate surface area is 167 Å². The van der Waals surface area contributed by atoms with Crippen LogP contribution in [0.2, 0.25) is 0 Å². The van der Waals surface area contributed by atoms with Crippen molar-refractivity contribution in [2.45, 2.75) is 104 Å². The highest BCUT2D eigenvalue weighted by molar-refractivity contribution is 5.52. The summed E-state index contributed by atoms with van der Waals surface area (Å²) in [5, 5.41) is 0. The molecule has 0 aliphatic rings. The third-order valence-corrected chi connectivity index (χ3v) is 5.60. The van der Waals surface area contributed by atoms with Crippen LogP contribution in [0, 0.1) is 0 Å². The van der Waals surface area contributed by atoms with Crippen molar-refractivity contribution in [1.82, 2.24) is 4.57 Å². The maximum atomic E-state index is 2.44. The first-order valence-electron chi connectivity index (χ1n) is 11.5. The SMILES string of the molecule is CCCCCCCCCCCCCCn1cc[n+](CC)c1-c1ccccc1. The zero-order chi connectivity index (χ0) is 19.2. The van der Waals surface area contributed by atoms with Crippen LogP contribution in [-0.4, -0.2) is 4.57 Å². The number of aromatic nitrogens is 2. The lowest BCUT2D eigenvalue weighted by atomic mass is 10.1. The lowest BCUT2D eigenvalue weighted by Crippen LogP contribution is -2.33. The summed E-state index contributed by atoms with van der Waals surface area (Å²) in [6, 6.07) is 10.8. The largest absolute Gasteiger partial charge is 0.288 e. The minimum atomic E-state index is 1.02. The first-order chi connectivity index (χ1) is 13.4. The van der Waals surface area contributed by atoms with Crippen molar-refractivity contribution in [3.8, 4) is 11.4 Å². The van der Waals surface area contributed by atoms with Crippen molar-refractivity contribution in [3.63, 3.8) is 0 Å². The summed E-state index contributed by atoms with van der Waals surface area (Å²) in [5.74, 6) is 1.35. The van der Waals surface area contributed by atoms with E-state index in [4.69, 9.17) is 0 Å². The van der Waals surface area contributed by atoms with Gasteiger partial charge in [0.2, 0.25) is 0 Å². The maximum Gasteiger partial charge on any atom is 0.288 e. The first-order valence-corrected chi connectivity index (χ1v) is 11.5. The molecule has 2 heteroatoms. The molecule has 0 saturated carbocycles. The summed E-state index contributed by atoms with van der Waals surface area (Å²) in [7, 11) is 0. The van der Waals surface area contributed by atoms with Gasteiger partial charge in [0.25, 0.3) is 5.82 Å². The third kappa shape index (κ3) is 7.91. The molecule has 2 nitrogen and oxygen atoms in total. The molecule has 0 bridgehead atoms. The molecule has 0 radical (unpaired) electrons. The minimum Gasteiger partial charge on any atom is -0.230 e. The van der Waals surface area contributed by atoms with Gasteiger partial charge in [-0.25, -0.2) is 9.13 Å². The van der Waals surface area contributed by atoms with E-state index in [0.717, 1.165) is 13.1 Å². The maximum absolute atomic E-state index is 2.44. The van der Waals surface area contributed by atoms with Crippen molar-refractivity contribution in [2.75, 3.05) is 0 Å². The third-order valence-electron chi connectivity index (χ3n) is 5.60. The van der Waals surface area contributed by atoms with Gasteiger partial charge in [0, 0.05) is 0 Å². The lowest BCUT2D eigenvalue weighted by Gasteiger charge is -2.05. The molecule has 0 aliphatic heterocycles. The van der Waals surface area contributed by atoms with Crippen LogP contribution in [0.1, 0.15) is 90.9 Å². The molecule has 2 aromatic rings. The van der Waals surface area contributed by atoms with E-state index in [9.17, 15) is 0 Å². The molecule has 1 aromatic carbocycles. The second-order valence-electron chi connectivity index (χ2n) is 7.86. The van der Waals surface area contributed by atoms with E-state index < -0.39 is 0 Å². The Morgan fingerprint density at radius 3 is 1.81 bits per heavy atom. The molecule has 0 fully saturated rings. The van der Waals surface area contributed by atoms with Crippen LogP contribution in [0.25, 0.3) is 11.4 Å². The fourth-order valence-electron chi connectivity index (χ4n) is 3.94. The average Bonchev–Trinajstić information content (AvgIpc) is 3.12. The number of benzene rings is 1. The summed E-state index contributed by atoms with van der Waals surface area (Å²) in [5.41, 5.74) is 1.32. The van der Waals surface area contributed by atoms with E-state index in [2.05, 4.69) is 65.7 Å². The molecule has 1 aromatic heterocycles. The standard InChI is InChI=1S/C25H41N2/c1-3-5-6-7-8-9-10-11-12-13-14-18-21-27-23-22-26(4-2)25(27)24-19-16-15-17-20-24/h15-17,19-20,22-23H,3-14,18,21H2,1-2H3/q+1. The Kier molecular flexibility index (Phi) is 10.9. The van der Waals surface area contributed by atoms with E-state index in [1.807, 2.05) is 0 Å². The number of hydrogen-bond donors (Lipinski definition) is 0. The summed E-state index contributed by atoms with van der Waals surface area (Å²) in [4.78, 5) is 0. The first kappa shape index (κ1) is 21.7. The predicted octanol–water partition coefficient (Wildman–Crippen LogP) is 7.16. The van der Waals surface area contributed by atoms with E-state index in [1.54, 1.807) is 0 Å². The number of hydrogen-bond acceptors (Lipinski definition) is 0. The highest BCUT2D eigenvalue weighted by Gasteiger charge is 2.17. The number of unbranched alkanes of at least 4 members (excludes halogenated alkanes) is 11. The van der Waals surface area contributed by atoms with Gasteiger partial charge < -0.3 is 0 Å². The van der Waals surface area contributed by atoms with E-state index in [0.29, 0.717) is 0 Å². The Morgan fingerprint density at radius 2 is 1.26 bits per heavy atom. The van der Waals surface area contributed by atoms with Crippen molar-refractivity contribution >= 4 is 0 Å². The predicted molar refractivity (Wildman–Crippen MR) is 117 cm³/mol. The number of nitrogens with zero attached hydrogens (tertiary/aromatic N) is 2. The molecule has 2 rings (SSSR count). The Bertz CT molecular complexity index is 600. The van der Waals surface area contributed by atoms with Gasteiger partial charge in [-0.15, -0.1) is 0 Å². The topological polar surface area (TPSA) is 8.81 Å². The van der Waals surface area contributed by atoms with Gasteiger partial charge in [-0.2, -0.15) is 0 Å². The summed E-state index contributed by atoms with van der Waals surface area (Å²) >= 11 is 0. The van der Waals surface area contributed by atoms with Crippen LogP contribution in [0.15, 0.2) is 42.7 Å². The normalized spacial score (nSPS) is 11.2. The minimum absolute atomic E-state index is 1.02. The summed E-state index contributed by atoms with van der Waals surface area (Å²) in [6.45, 7) is 6.67. The van der Waals surface area contributed by atoms with Gasteiger partial charge in [-0.3, -0.25) is 0 Å². The quantitative estimate of drug-likeness (QED) is 0.232. The molecular formula is C25H41N2+. The molecule has 0 atom stereocenters. The smallest absolute Gasteiger partial charge is 0.230 e. The van der Waals surface area contributed by atoms with Crippen LogP contribution >= 0.6 is 0 Å². The fraction of sp³-hybridized carbons (Fsp3) is 0.640. The van der Waals surface area contributed by atoms with Gasteiger partial charge in [-0.05, 0) is 31.9 Å². The number of aryl methyl sites for hydroxylation is 2. The van der Waals surface area contributed by atoms with Gasteiger partial charge in [-0.1, -0.05) is 89.3 Å². The Balaban J connectivity index is 1.61. The van der Waals surface area contributed by atoms with Gasteiger partial charge in [0.15, 0.2) is 0 Å². The zero-order valence-corrected chi connectivity index (χ0v) is 17.8. The monoisotopic (exact) mass is 369 g/mol. The second kappa shape index (κ2) is 13.6. The molecular weight excluding hydrogens is 328 g/mol. The zero-order valence-electron chi connectivity index (χ0n) is 17.8. The molecule has 0 saturated heterocycles. The van der Waals surface area contributed by atoms with Crippen molar-refractivity contribution < 1.29 is 4.57 Å². The van der Waals surface area contributed by atoms with Crippen molar-refractivity contribution in [1.29, 1.82) is 0 Å². The number of imidazole rings is 1. The highest BCUT2D eigenvalue weighted by Crippen LogP contribution is 2.17. The summed E-state index contributed by atoms with van der Waals surface area (Å²) < 4.78 is 4.80. The van der Waals surface area contributed by atoms with Crippen LogP contribution in [0.5, 0.6) is 0 Å². The van der Waals surface area contributed by atoms with Crippen LogP contribution < -0.4 is 4.57 Å². The Morgan fingerprint density at radius 1 is 0.704 bits per heavy atom. The highest BCUT2D eigenvalue weighted by atomic mass is 15.1. The number of rotatable bonds is 15.